The van der Waals surface area contributed by atoms with E-state index in [9.17, 15) is 14.7 Å². The van der Waals surface area contributed by atoms with E-state index in [0.717, 1.165) is 32.5 Å². The number of carbonyl (C=O) groups excluding carboxylic acids is 1. The number of aliphatic carboxylic acids is 1. The molecule has 1 N–H and O–H groups in total. The second-order valence-corrected chi connectivity index (χ2v) is 6.48. The third-order valence-electron chi connectivity index (χ3n) is 4.03. The van der Waals surface area contributed by atoms with Gasteiger partial charge < -0.3 is 19.8 Å². The average Bonchev–Trinajstić information content (AvgIpc) is 2.82. The fraction of sp³-hybridized carbons (Fsp3) is 0.846. The van der Waals surface area contributed by atoms with Crippen LogP contribution in [-0.2, 0) is 4.79 Å². The molecule has 114 valence electrons. The summed E-state index contributed by atoms with van der Waals surface area (Å²) in [5, 5.41) is 9.22. The lowest BCUT2D eigenvalue weighted by Crippen LogP contribution is -2.53. The fourth-order valence-corrected chi connectivity index (χ4v) is 3.98. The quantitative estimate of drug-likeness (QED) is 0.824. The zero-order valence-electron chi connectivity index (χ0n) is 12.1. The van der Waals surface area contributed by atoms with Gasteiger partial charge in [0.15, 0.2) is 0 Å². The first kappa shape index (κ1) is 15.4. The molecular weight excluding hydrogens is 278 g/mol. The lowest BCUT2D eigenvalue weighted by molar-refractivity contribution is -0.141. The van der Waals surface area contributed by atoms with Gasteiger partial charge >= 0.3 is 12.0 Å². The molecule has 2 fully saturated rings. The predicted molar refractivity (Wildman–Crippen MR) is 78.9 cm³/mol. The van der Waals surface area contributed by atoms with Crippen LogP contribution < -0.4 is 0 Å². The van der Waals surface area contributed by atoms with E-state index in [1.807, 2.05) is 4.90 Å². The molecule has 0 spiro atoms. The SMILES string of the molecule is CCC1CN(C)CCCN1C(=O)N1CSCC1C(=O)O. The molecule has 20 heavy (non-hydrogen) atoms. The van der Waals surface area contributed by atoms with Crippen LogP contribution in [0, 0.1) is 0 Å². The van der Waals surface area contributed by atoms with E-state index in [2.05, 4.69) is 18.9 Å². The molecule has 2 rings (SSSR count). The molecule has 2 unspecified atom stereocenters. The van der Waals surface area contributed by atoms with Crippen LogP contribution in [0.1, 0.15) is 19.8 Å². The van der Waals surface area contributed by atoms with Crippen LogP contribution in [0.15, 0.2) is 0 Å². The molecule has 0 bridgehead atoms. The van der Waals surface area contributed by atoms with Crippen molar-refractivity contribution in [1.29, 1.82) is 0 Å². The van der Waals surface area contributed by atoms with Gasteiger partial charge in [-0.3, -0.25) is 0 Å². The summed E-state index contributed by atoms with van der Waals surface area (Å²) in [4.78, 5) is 29.6. The molecule has 0 aromatic rings. The van der Waals surface area contributed by atoms with E-state index in [1.54, 1.807) is 0 Å². The lowest BCUT2D eigenvalue weighted by Gasteiger charge is -2.34. The molecule has 0 aliphatic carbocycles. The second-order valence-electron chi connectivity index (χ2n) is 5.48. The summed E-state index contributed by atoms with van der Waals surface area (Å²) < 4.78 is 0. The van der Waals surface area contributed by atoms with E-state index in [-0.39, 0.29) is 12.1 Å². The van der Waals surface area contributed by atoms with Gasteiger partial charge in [-0.05, 0) is 26.4 Å². The third-order valence-corrected chi connectivity index (χ3v) is 5.04. The Kier molecular flexibility index (Phi) is 5.15. The molecule has 6 nitrogen and oxygen atoms in total. The lowest BCUT2D eigenvalue weighted by atomic mass is 10.2. The molecular formula is C13H23N3O3S. The first-order chi connectivity index (χ1) is 9.54. The molecule has 0 saturated carbocycles. The number of hydrogen-bond acceptors (Lipinski definition) is 4. The Balaban J connectivity index is 2.11. The van der Waals surface area contributed by atoms with Gasteiger partial charge in [0.1, 0.15) is 6.04 Å². The number of hydrogen-bond donors (Lipinski definition) is 1. The Labute approximate surface area is 124 Å². The highest BCUT2D eigenvalue weighted by atomic mass is 32.2. The maximum atomic E-state index is 12.7. The van der Waals surface area contributed by atoms with Crippen LogP contribution >= 0.6 is 11.8 Å². The highest BCUT2D eigenvalue weighted by Gasteiger charge is 2.38. The van der Waals surface area contributed by atoms with Crippen LogP contribution in [-0.4, -0.2) is 82.2 Å². The number of urea groups is 1. The Bertz CT molecular complexity index is 380. The summed E-state index contributed by atoms with van der Waals surface area (Å²) >= 11 is 1.51. The van der Waals surface area contributed by atoms with Crippen molar-refractivity contribution < 1.29 is 14.7 Å². The predicted octanol–water partition coefficient (Wildman–Crippen LogP) is 0.982. The number of rotatable bonds is 2. The van der Waals surface area contributed by atoms with E-state index < -0.39 is 12.0 Å². The van der Waals surface area contributed by atoms with Gasteiger partial charge in [0.25, 0.3) is 0 Å². The van der Waals surface area contributed by atoms with Gasteiger partial charge in [-0.1, -0.05) is 6.92 Å². The van der Waals surface area contributed by atoms with E-state index in [4.69, 9.17) is 0 Å². The fourth-order valence-electron chi connectivity index (χ4n) is 2.85. The number of thioether (sulfide) groups is 1. The number of nitrogens with zero attached hydrogens (tertiary/aromatic N) is 3. The summed E-state index contributed by atoms with van der Waals surface area (Å²) in [6.45, 7) is 4.64. The molecule has 2 heterocycles. The number of amides is 2. The molecule has 2 saturated heterocycles. The van der Waals surface area contributed by atoms with E-state index >= 15 is 0 Å². The Morgan fingerprint density at radius 1 is 1.30 bits per heavy atom. The maximum Gasteiger partial charge on any atom is 0.327 e. The van der Waals surface area contributed by atoms with Crippen molar-refractivity contribution in [2.24, 2.45) is 0 Å². The van der Waals surface area contributed by atoms with Gasteiger partial charge in [0, 0.05) is 24.9 Å². The second kappa shape index (κ2) is 6.67. The van der Waals surface area contributed by atoms with Gasteiger partial charge in [-0.25, -0.2) is 9.59 Å². The highest BCUT2D eigenvalue weighted by molar-refractivity contribution is 7.99. The summed E-state index contributed by atoms with van der Waals surface area (Å²) in [6.07, 6.45) is 1.84. The normalized spacial score (nSPS) is 28.5. The monoisotopic (exact) mass is 301 g/mol. The zero-order valence-corrected chi connectivity index (χ0v) is 12.9. The summed E-state index contributed by atoms with van der Waals surface area (Å²) in [6, 6.07) is -0.606. The zero-order chi connectivity index (χ0) is 14.7. The highest BCUT2D eigenvalue weighted by Crippen LogP contribution is 2.24. The summed E-state index contributed by atoms with van der Waals surface area (Å²) in [7, 11) is 2.07. The van der Waals surface area contributed by atoms with Crippen molar-refractivity contribution >= 4 is 23.8 Å². The van der Waals surface area contributed by atoms with Crippen molar-refractivity contribution in [2.45, 2.75) is 31.8 Å². The van der Waals surface area contributed by atoms with Crippen molar-refractivity contribution in [3.8, 4) is 0 Å². The van der Waals surface area contributed by atoms with Crippen molar-refractivity contribution in [3.05, 3.63) is 0 Å². The van der Waals surface area contributed by atoms with Gasteiger partial charge in [0.05, 0.1) is 5.88 Å². The van der Waals surface area contributed by atoms with Crippen LogP contribution in [0.25, 0.3) is 0 Å². The van der Waals surface area contributed by atoms with Crippen molar-refractivity contribution in [2.75, 3.05) is 38.3 Å². The molecule has 0 aromatic heterocycles. The van der Waals surface area contributed by atoms with E-state index in [0.29, 0.717) is 11.6 Å². The van der Waals surface area contributed by atoms with Crippen molar-refractivity contribution in [3.63, 3.8) is 0 Å². The largest absolute Gasteiger partial charge is 0.480 e. The number of carboxylic acid groups (broad SMARTS) is 1. The minimum atomic E-state index is -0.900. The molecule has 2 amide bonds. The molecule has 2 aliphatic heterocycles. The van der Waals surface area contributed by atoms with Crippen LogP contribution in [0.5, 0.6) is 0 Å². The Hall–Kier alpha value is -0.950. The molecule has 2 atom stereocenters. The smallest absolute Gasteiger partial charge is 0.327 e. The first-order valence-corrected chi connectivity index (χ1v) is 8.26. The Morgan fingerprint density at radius 3 is 2.70 bits per heavy atom. The van der Waals surface area contributed by atoms with Crippen LogP contribution in [0.3, 0.4) is 0 Å². The van der Waals surface area contributed by atoms with Crippen LogP contribution in [0.2, 0.25) is 0 Å². The van der Waals surface area contributed by atoms with Gasteiger partial charge in [0.2, 0.25) is 0 Å². The van der Waals surface area contributed by atoms with Gasteiger partial charge in [-0.2, -0.15) is 0 Å². The number of likely N-dealkylation sites (N-methyl/N-ethyl adjacent to an activating group) is 1. The summed E-state index contributed by atoms with van der Waals surface area (Å²) in [5.41, 5.74) is 0. The van der Waals surface area contributed by atoms with Crippen LogP contribution in [0.4, 0.5) is 4.79 Å². The minimum absolute atomic E-state index is 0.107. The van der Waals surface area contributed by atoms with E-state index in [1.165, 1.54) is 16.7 Å². The third kappa shape index (κ3) is 3.20. The summed E-state index contributed by atoms with van der Waals surface area (Å²) in [5.74, 6) is 0.0767. The molecule has 0 aromatic carbocycles. The van der Waals surface area contributed by atoms with Gasteiger partial charge in [-0.15, -0.1) is 11.8 Å². The average molecular weight is 301 g/mol. The Morgan fingerprint density at radius 2 is 2.05 bits per heavy atom. The first-order valence-electron chi connectivity index (χ1n) is 7.11. The molecule has 7 heteroatoms. The molecule has 2 aliphatic rings. The standard InChI is InChI=1S/C13H23N3O3S/c1-3-10-7-14(2)5-4-6-15(10)13(19)16-9-20-8-11(16)12(17)18/h10-11H,3-9H2,1-2H3,(H,17,18). The topological polar surface area (TPSA) is 64.1 Å². The number of carboxylic acids is 1. The molecule has 0 radical (unpaired) electrons. The maximum absolute atomic E-state index is 12.7. The number of carbonyl (C=O) groups is 2. The van der Waals surface area contributed by atoms with Crippen molar-refractivity contribution in [1.82, 2.24) is 14.7 Å². The minimum Gasteiger partial charge on any atom is -0.480 e.